The second-order valence-corrected chi connectivity index (χ2v) is 10.6. The topological polar surface area (TPSA) is 57.8 Å². The van der Waals surface area contributed by atoms with Crippen LogP contribution >= 0.6 is 23.2 Å². The van der Waals surface area contributed by atoms with Crippen molar-refractivity contribution in [1.82, 2.24) is 9.88 Å². The van der Waals surface area contributed by atoms with Gasteiger partial charge < -0.3 is 9.88 Å². The van der Waals surface area contributed by atoms with E-state index in [-0.39, 0.29) is 11.9 Å². The average molecular weight is 553 g/mol. The van der Waals surface area contributed by atoms with Gasteiger partial charge in [-0.05, 0) is 85.0 Å². The number of nitriles is 1. The molecule has 4 aromatic carbocycles. The Hall–Kier alpha value is -4.04. The molecule has 0 bridgehead atoms. The standard InChI is InChI=1S/C33H27Cl2N3O/c1-20-22(3)38(19-23-8-10-24(11-9-23)28-7-5-4-6-27(28)18-36)32-15-13-26(16-29(20)32)33(39)37-21(2)25-12-14-30(34)31(35)17-25/h4-17,21H,19H2,1-3H3,(H,37,39). The summed E-state index contributed by atoms with van der Waals surface area (Å²) >= 11 is 12.2. The number of hydrogen-bond donors (Lipinski definition) is 1. The van der Waals surface area contributed by atoms with Gasteiger partial charge in [0.2, 0.25) is 0 Å². The number of nitrogens with zero attached hydrogens (tertiary/aromatic N) is 2. The lowest BCUT2D eigenvalue weighted by Gasteiger charge is -2.15. The first kappa shape index (κ1) is 26.6. The molecule has 0 fully saturated rings. The van der Waals surface area contributed by atoms with Gasteiger partial charge in [0.25, 0.3) is 5.91 Å². The van der Waals surface area contributed by atoms with Crippen LogP contribution in [0.2, 0.25) is 10.0 Å². The van der Waals surface area contributed by atoms with Crippen molar-refractivity contribution in [1.29, 1.82) is 5.26 Å². The molecule has 194 valence electrons. The zero-order valence-electron chi connectivity index (χ0n) is 21.9. The van der Waals surface area contributed by atoms with Crippen molar-refractivity contribution < 1.29 is 4.79 Å². The number of fused-ring (bicyclic) bond motifs is 1. The van der Waals surface area contributed by atoms with Crippen molar-refractivity contribution in [2.45, 2.75) is 33.4 Å². The average Bonchev–Trinajstić information content (AvgIpc) is 3.19. The van der Waals surface area contributed by atoms with Crippen LogP contribution in [0.4, 0.5) is 0 Å². The van der Waals surface area contributed by atoms with Crippen LogP contribution in [0.1, 0.15) is 51.3 Å². The maximum atomic E-state index is 13.1. The van der Waals surface area contributed by atoms with Gasteiger partial charge in [0.15, 0.2) is 0 Å². The van der Waals surface area contributed by atoms with Crippen molar-refractivity contribution in [2.24, 2.45) is 0 Å². The number of rotatable bonds is 6. The number of aryl methyl sites for hydroxylation is 1. The lowest BCUT2D eigenvalue weighted by atomic mass is 9.99. The number of hydrogen-bond acceptors (Lipinski definition) is 2. The van der Waals surface area contributed by atoms with Gasteiger partial charge in [0.1, 0.15) is 0 Å². The van der Waals surface area contributed by atoms with Gasteiger partial charge in [-0.3, -0.25) is 4.79 Å². The molecule has 0 radical (unpaired) electrons. The molecule has 39 heavy (non-hydrogen) atoms. The van der Waals surface area contributed by atoms with Crippen molar-refractivity contribution in [3.63, 3.8) is 0 Å². The third-order valence-corrected chi connectivity index (χ3v) is 8.08. The first-order chi connectivity index (χ1) is 18.8. The van der Waals surface area contributed by atoms with E-state index >= 15 is 0 Å². The Kier molecular flexibility index (Phi) is 7.48. The highest BCUT2D eigenvalue weighted by molar-refractivity contribution is 6.42. The Morgan fingerprint density at radius 1 is 0.949 bits per heavy atom. The van der Waals surface area contributed by atoms with E-state index in [9.17, 15) is 10.1 Å². The summed E-state index contributed by atoms with van der Waals surface area (Å²) in [5.41, 5.74) is 8.66. The molecular formula is C33H27Cl2N3O. The third-order valence-electron chi connectivity index (χ3n) is 7.35. The van der Waals surface area contributed by atoms with E-state index < -0.39 is 0 Å². The largest absolute Gasteiger partial charge is 0.346 e. The van der Waals surface area contributed by atoms with Crippen LogP contribution in [0, 0.1) is 25.2 Å². The summed E-state index contributed by atoms with van der Waals surface area (Å²) in [6.45, 7) is 6.83. The lowest BCUT2D eigenvalue weighted by Crippen LogP contribution is -2.26. The number of aromatic nitrogens is 1. The van der Waals surface area contributed by atoms with Crippen LogP contribution in [-0.2, 0) is 6.54 Å². The normalized spacial score (nSPS) is 11.8. The van der Waals surface area contributed by atoms with Crippen LogP contribution in [0.5, 0.6) is 0 Å². The van der Waals surface area contributed by atoms with Crippen LogP contribution in [-0.4, -0.2) is 10.5 Å². The predicted octanol–water partition coefficient (Wildman–Crippen LogP) is 8.64. The number of amides is 1. The predicted molar refractivity (Wildman–Crippen MR) is 159 cm³/mol. The minimum atomic E-state index is -0.224. The molecule has 4 nitrogen and oxygen atoms in total. The summed E-state index contributed by atoms with van der Waals surface area (Å²) in [6.07, 6.45) is 0. The summed E-state index contributed by atoms with van der Waals surface area (Å²) in [7, 11) is 0. The smallest absolute Gasteiger partial charge is 0.251 e. The Morgan fingerprint density at radius 2 is 1.69 bits per heavy atom. The van der Waals surface area contributed by atoms with Crippen molar-refractivity contribution in [3.05, 3.63) is 128 Å². The van der Waals surface area contributed by atoms with Crippen LogP contribution in [0.25, 0.3) is 22.0 Å². The van der Waals surface area contributed by atoms with Gasteiger partial charge in [0.05, 0.1) is 27.7 Å². The Morgan fingerprint density at radius 3 is 2.41 bits per heavy atom. The monoisotopic (exact) mass is 551 g/mol. The molecule has 1 amide bonds. The van der Waals surface area contributed by atoms with E-state index in [0.717, 1.165) is 44.4 Å². The van der Waals surface area contributed by atoms with E-state index in [2.05, 4.69) is 54.1 Å². The molecule has 0 saturated carbocycles. The zero-order valence-corrected chi connectivity index (χ0v) is 23.4. The molecule has 0 saturated heterocycles. The minimum absolute atomic E-state index is 0.145. The van der Waals surface area contributed by atoms with Crippen LogP contribution in [0.3, 0.4) is 0 Å². The van der Waals surface area contributed by atoms with E-state index in [1.807, 2.05) is 55.5 Å². The molecule has 1 unspecified atom stereocenters. The molecule has 5 aromatic rings. The number of nitrogens with one attached hydrogen (secondary N) is 1. The molecule has 0 aliphatic rings. The summed E-state index contributed by atoms with van der Waals surface area (Å²) in [6, 6.07) is 29.3. The molecule has 1 N–H and O–H groups in total. The molecule has 1 heterocycles. The molecule has 0 aliphatic heterocycles. The molecule has 0 spiro atoms. The fraction of sp³-hybridized carbons (Fsp3) is 0.152. The molecule has 5 rings (SSSR count). The van der Waals surface area contributed by atoms with E-state index in [4.69, 9.17) is 23.2 Å². The molecule has 6 heteroatoms. The summed E-state index contributed by atoms with van der Waals surface area (Å²) in [5, 5.41) is 14.5. The SMILES string of the molecule is Cc1c(C)n(Cc2ccc(-c3ccccc3C#N)cc2)c2ccc(C(=O)NC(C)c3ccc(Cl)c(Cl)c3)cc12. The number of carbonyl (C=O) groups is 1. The summed E-state index contributed by atoms with van der Waals surface area (Å²) < 4.78 is 2.28. The Labute approximate surface area is 238 Å². The van der Waals surface area contributed by atoms with Crippen molar-refractivity contribution >= 4 is 40.0 Å². The highest BCUT2D eigenvalue weighted by Crippen LogP contribution is 2.30. The fourth-order valence-corrected chi connectivity index (χ4v) is 5.25. The van der Waals surface area contributed by atoms with Crippen LogP contribution < -0.4 is 5.32 Å². The third kappa shape index (κ3) is 5.29. The van der Waals surface area contributed by atoms with Gasteiger partial charge in [0, 0.05) is 28.7 Å². The fourth-order valence-electron chi connectivity index (χ4n) is 4.94. The zero-order chi connectivity index (χ0) is 27.7. The van der Waals surface area contributed by atoms with Crippen LogP contribution in [0.15, 0.2) is 84.9 Å². The highest BCUT2D eigenvalue weighted by atomic mass is 35.5. The van der Waals surface area contributed by atoms with E-state index in [1.165, 1.54) is 0 Å². The summed E-state index contributed by atoms with van der Waals surface area (Å²) in [5.74, 6) is -0.145. The minimum Gasteiger partial charge on any atom is -0.346 e. The van der Waals surface area contributed by atoms with E-state index in [0.29, 0.717) is 27.7 Å². The summed E-state index contributed by atoms with van der Waals surface area (Å²) in [4.78, 5) is 13.1. The second kappa shape index (κ2) is 11.0. The van der Waals surface area contributed by atoms with Gasteiger partial charge in [-0.15, -0.1) is 0 Å². The van der Waals surface area contributed by atoms with Crippen molar-refractivity contribution in [2.75, 3.05) is 0 Å². The maximum absolute atomic E-state index is 13.1. The van der Waals surface area contributed by atoms with Gasteiger partial charge >= 0.3 is 0 Å². The first-order valence-electron chi connectivity index (χ1n) is 12.7. The first-order valence-corrected chi connectivity index (χ1v) is 13.5. The van der Waals surface area contributed by atoms with Gasteiger partial charge in [-0.2, -0.15) is 5.26 Å². The molecule has 0 aliphatic carbocycles. The number of halogens is 2. The van der Waals surface area contributed by atoms with Gasteiger partial charge in [-0.25, -0.2) is 0 Å². The van der Waals surface area contributed by atoms with Crippen molar-refractivity contribution in [3.8, 4) is 17.2 Å². The molecule has 1 aromatic heterocycles. The quantitative estimate of drug-likeness (QED) is 0.229. The number of benzene rings is 4. The second-order valence-electron chi connectivity index (χ2n) is 9.75. The number of carbonyl (C=O) groups excluding carboxylic acids is 1. The molecular weight excluding hydrogens is 525 g/mol. The Bertz CT molecular complexity index is 1750. The Balaban J connectivity index is 1.38. The van der Waals surface area contributed by atoms with E-state index in [1.54, 1.807) is 12.1 Å². The highest BCUT2D eigenvalue weighted by Gasteiger charge is 2.17. The molecule has 1 atom stereocenters. The van der Waals surface area contributed by atoms with Gasteiger partial charge in [-0.1, -0.05) is 71.7 Å². The lowest BCUT2D eigenvalue weighted by molar-refractivity contribution is 0.0940. The maximum Gasteiger partial charge on any atom is 0.251 e.